The van der Waals surface area contributed by atoms with Gasteiger partial charge in [-0.05, 0) is 44.9 Å². The summed E-state index contributed by atoms with van der Waals surface area (Å²) < 4.78 is 21.2. The molecule has 0 aliphatic carbocycles. The average Bonchev–Trinajstić information content (AvgIpc) is 3.85. The summed E-state index contributed by atoms with van der Waals surface area (Å²) in [7, 11) is 0. The molecule has 0 saturated carbocycles. The zero-order valence-corrected chi connectivity index (χ0v) is 39.3. The zero-order valence-electron chi connectivity index (χ0n) is 39.3. The molecule has 9 N–H and O–H groups in total. The molecule has 0 aromatic carbocycles. The van der Waals surface area contributed by atoms with Crippen LogP contribution in [0.5, 0.6) is 0 Å². The number of piperidine rings is 1. The number of imidazole rings is 1. The Morgan fingerprint density at radius 3 is 1.75 bits per heavy atom. The molecule has 0 spiro atoms. The lowest BCUT2D eigenvalue weighted by Crippen LogP contribution is -2.47. The van der Waals surface area contributed by atoms with E-state index in [-0.39, 0.29) is 115 Å². The van der Waals surface area contributed by atoms with Crippen molar-refractivity contribution in [2.75, 3.05) is 85.6 Å². The zero-order chi connectivity index (χ0) is 50.8. The van der Waals surface area contributed by atoms with Crippen LogP contribution >= 0.6 is 0 Å². The van der Waals surface area contributed by atoms with E-state index in [2.05, 4.69) is 36.6 Å². The molecule has 0 bridgehead atoms. The molecule has 2 heterocycles. The number of hydrogen-bond donors (Lipinski definition) is 9. The van der Waals surface area contributed by atoms with Gasteiger partial charge >= 0.3 is 17.9 Å². The molecule has 1 aliphatic heterocycles. The number of aliphatic carboxylic acids is 3. The molecule has 1 aromatic heterocycles. The van der Waals surface area contributed by atoms with Gasteiger partial charge in [0.1, 0.15) is 31.1 Å². The van der Waals surface area contributed by atoms with Gasteiger partial charge in [0, 0.05) is 82.6 Å². The number of rotatable bonds is 39. The molecule has 1 fully saturated rings. The van der Waals surface area contributed by atoms with Crippen molar-refractivity contribution in [1.29, 1.82) is 0 Å². The second kappa shape index (κ2) is 35.1. The number of carbonyl (C=O) groups is 10. The number of aryl methyl sites for hydroxylation is 1. The summed E-state index contributed by atoms with van der Waals surface area (Å²) in [6.07, 6.45) is 5.69. The van der Waals surface area contributed by atoms with Crippen molar-refractivity contribution in [3.63, 3.8) is 0 Å². The number of Topliss-reactive ketones (excluding diaryl/α,β-unsaturated/α-hetero) is 1. The number of carbonyl (C=O) groups excluding carboxylic acids is 7. The van der Waals surface area contributed by atoms with E-state index in [0.717, 1.165) is 5.69 Å². The van der Waals surface area contributed by atoms with E-state index in [0.29, 0.717) is 64.6 Å². The molecule has 0 unspecified atom stereocenters. The van der Waals surface area contributed by atoms with E-state index < -0.39 is 72.1 Å². The van der Waals surface area contributed by atoms with Crippen LogP contribution < -0.4 is 26.6 Å². The SMILES string of the molecule is CCC(=O)N1CCC(C(=O)N[C@@H](CCC(=O)NCCOCCOCC(=O)N[C@@H](CCC(=O)NCCOCCOCC(=O)NCCCC[C@H](CC(=O)CCc2cnc[nH]2)C(=O)O)C(=O)O)C(=O)O)CC1. The van der Waals surface area contributed by atoms with E-state index in [1.807, 2.05) is 0 Å². The number of ketones is 1. The minimum absolute atomic E-state index is 0.00379. The summed E-state index contributed by atoms with van der Waals surface area (Å²) in [5, 5.41) is 41.2. The van der Waals surface area contributed by atoms with E-state index in [4.69, 9.17) is 18.9 Å². The van der Waals surface area contributed by atoms with Crippen LogP contribution in [-0.4, -0.2) is 187 Å². The number of unbranched alkanes of at least 4 members (excludes halogenated alkanes) is 1. The summed E-state index contributed by atoms with van der Waals surface area (Å²) in [6.45, 7) is 2.91. The number of hydrogen-bond acceptors (Lipinski definition) is 15. The second-order valence-corrected chi connectivity index (χ2v) is 16.2. The van der Waals surface area contributed by atoms with Crippen LogP contribution in [0.1, 0.15) is 89.7 Å². The lowest BCUT2D eigenvalue weighted by atomic mass is 9.94. The number of carboxylic acid groups (broad SMARTS) is 3. The quantitative estimate of drug-likeness (QED) is 0.0355. The van der Waals surface area contributed by atoms with Gasteiger partial charge in [-0.3, -0.25) is 38.4 Å². The van der Waals surface area contributed by atoms with Gasteiger partial charge in [0.05, 0.1) is 51.9 Å². The molecule has 2 rings (SSSR count). The molecule has 1 aliphatic rings. The Kier molecular flexibility index (Phi) is 30.1. The van der Waals surface area contributed by atoms with E-state index in [1.54, 1.807) is 18.0 Å². The third kappa shape index (κ3) is 27.5. The first-order chi connectivity index (χ1) is 33.1. The summed E-state index contributed by atoms with van der Waals surface area (Å²) in [5.41, 5.74) is 0.806. The van der Waals surface area contributed by atoms with E-state index in [9.17, 15) is 63.3 Å². The Balaban J connectivity index is 1.43. The largest absolute Gasteiger partial charge is 0.481 e. The molecule has 25 heteroatoms. The van der Waals surface area contributed by atoms with E-state index >= 15 is 0 Å². The molecule has 69 heavy (non-hydrogen) atoms. The first-order valence-corrected chi connectivity index (χ1v) is 23.2. The van der Waals surface area contributed by atoms with Crippen molar-refractivity contribution < 1.29 is 82.2 Å². The number of aromatic amines is 1. The Morgan fingerprint density at radius 2 is 1.22 bits per heavy atom. The summed E-state index contributed by atoms with van der Waals surface area (Å²) >= 11 is 0. The fourth-order valence-electron chi connectivity index (χ4n) is 6.86. The number of aromatic nitrogens is 2. The standard InChI is InChI=1S/C44H70N8O17/c1-2-40(58)52-17-12-30(13-18-52)41(59)51-35(44(64)65)9-11-37(55)48-16-20-67-22-24-69-28-39(57)50-34(43(62)63)8-10-36(54)47-15-19-66-21-23-68-27-38(56)46-14-4-3-5-31(42(60)61)25-33(53)7-6-32-26-45-29-49-32/h26,29-31,34-35H,2-25,27-28H2,1H3,(H,45,49)(H,46,56)(H,47,54)(H,48,55)(H,50,57)(H,51,59)(H,60,61)(H,62,63)(H,64,65)/t31-,34+,35+/m1/s1. The lowest BCUT2D eigenvalue weighted by Gasteiger charge is -2.31. The summed E-state index contributed by atoms with van der Waals surface area (Å²) in [5.74, 6) is -7.39. The van der Waals surface area contributed by atoms with Gasteiger partial charge in [-0.2, -0.15) is 0 Å². The van der Waals surface area contributed by atoms with Gasteiger partial charge in [0.2, 0.25) is 35.4 Å². The average molecular weight is 983 g/mol. The smallest absolute Gasteiger partial charge is 0.326 e. The molecule has 1 aromatic rings. The molecule has 6 amide bonds. The molecule has 3 atom stereocenters. The van der Waals surface area contributed by atoms with Crippen LogP contribution in [0.4, 0.5) is 0 Å². The molecule has 0 radical (unpaired) electrons. The number of H-pyrrole nitrogens is 1. The number of amides is 6. The lowest BCUT2D eigenvalue weighted by molar-refractivity contribution is -0.144. The Bertz CT molecular complexity index is 1770. The van der Waals surface area contributed by atoms with Crippen molar-refractivity contribution >= 4 is 59.1 Å². The number of nitrogens with one attached hydrogen (secondary N) is 6. The fourth-order valence-corrected chi connectivity index (χ4v) is 6.86. The normalized spacial score (nSPS) is 13.9. The predicted octanol–water partition coefficient (Wildman–Crippen LogP) is -1.06. The van der Waals surface area contributed by atoms with E-state index in [1.165, 1.54) is 6.33 Å². The van der Waals surface area contributed by atoms with Crippen molar-refractivity contribution in [3.05, 3.63) is 18.2 Å². The number of likely N-dealkylation sites (tertiary alicyclic amines) is 1. The van der Waals surface area contributed by atoms with Gasteiger partial charge in [-0.15, -0.1) is 0 Å². The van der Waals surface area contributed by atoms with Gasteiger partial charge in [0.25, 0.3) is 0 Å². The minimum atomic E-state index is -1.35. The second-order valence-electron chi connectivity index (χ2n) is 16.2. The third-order valence-electron chi connectivity index (χ3n) is 10.8. The monoisotopic (exact) mass is 982 g/mol. The third-order valence-corrected chi connectivity index (χ3v) is 10.8. The van der Waals surface area contributed by atoms with Crippen LogP contribution in [0.15, 0.2) is 12.5 Å². The highest BCUT2D eigenvalue weighted by molar-refractivity contribution is 5.87. The number of nitrogens with zero attached hydrogens (tertiary/aromatic N) is 2. The van der Waals surface area contributed by atoms with Crippen LogP contribution in [-0.2, 0) is 73.3 Å². The Morgan fingerprint density at radius 1 is 0.667 bits per heavy atom. The number of ether oxygens (including phenoxy) is 4. The van der Waals surface area contributed by atoms with Crippen LogP contribution in [0.2, 0.25) is 0 Å². The maximum absolute atomic E-state index is 12.6. The Labute approximate surface area is 400 Å². The maximum Gasteiger partial charge on any atom is 0.326 e. The first-order valence-electron chi connectivity index (χ1n) is 23.2. The molecule has 388 valence electrons. The first kappa shape index (κ1) is 59.1. The van der Waals surface area contributed by atoms with Crippen LogP contribution in [0, 0.1) is 11.8 Å². The summed E-state index contributed by atoms with van der Waals surface area (Å²) in [4.78, 5) is 129. The number of carboxylic acids is 3. The van der Waals surface area contributed by atoms with Crippen LogP contribution in [0.3, 0.4) is 0 Å². The molecular formula is C44H70N8O17. The summed E-state index contributed by atoms with van der Waals surface area (Å²) in [6, 6.07) is -2.60. The molecular weight excluding hydrogens is 913 g/mol. The highest BCUT2D eigenvalue weighted by Gasteiger charge is 2.30. The molecule has 25 nitrogen and oxygen atoms in total. The van der Waals surface area contributed by atoms with Crippen molar-refractivity contribution in [3.8, 4) is 0 Å². The van der Waals surface area contributed by atoms with Crippen molar-refractivity contribution in [2.45, 2.75) is 102 Å². The van der Waals surface area contributed by atoms with Gasteiger partial charge in [-0.1, -0.05) is 13.3 Å². The maximum atomic E-state index is 12.6. The topological polar surface area (TPSA) is 360 Å². The van der Waals surface area contributed by atoms with Gasteiger partial charge < -0.3 is 70.7 Å². The predicted molar refractivity (Wildman–Crippen MR) is 241 cm³/mol. The fraction of sp³-hybridized carbons (Fsp3) is 0.705. The molecule has 1 saturated heterocycles. The van der Waals surface area contributed by atoms with Crippen LogP contribution in [0.25, 0.3) is 0 Å². The van der Waals surface area contributed by atoms with Gasteiger partial charge in [-0.25, -0.2) is 14.6 Å². The minimum Gasteiger partial charge on any atom is -0.481 e. The highest BCUT2D eigenvalue weighted by atomic mass is 16.5. The Hall–Kier alpha value is -6.05. The van der Waals surface area contributed by atoms with Crippen molar-refractivity contribution in [1.82, 2.24) is 41.5 Å². The highest BCUT2D eigenvalue weighted by Crippen LogP contribution is 2.19. The van der Waals surface area contributed by atoms with Crippen molar-refractivity contribution in [2.24, 2.45) is 11.8 Å². The van der Waals surface area contributed by atoms with Gasteiger partial charge in [0.15, 0.2) is 0 Å².